The van der Waals surface area contributed by atoms with Gasteiger partial charge in [-0.05, 0) is 12.1 Å². The first-order chi connectivity index (χ1) is 13.9. The summed E-state index contributed by atoms with van der Waals surface area (Å²) in [6.45, 7) is -0.752. The zero-order chi connectivity index (χ0) is 20.7. The highest BCUT2D eigenvalue weighted by molar-refractivity contribution is 5.68. The molecule has 0 bridgehead atoms. The van der Waals surface area contributed by atoms with Gasteiger partial charge in [-0.25, -0.2) is 18.7 Å². The first-order valence-electron chi connectivity index (χ1n) is 8.59. The van der Waals surface area contributed by atoms with Crippen molar-refractivity contribution in [2.75, 3.05) is 6.61 Å². The maximum absolute atomic E-state index is 13.7. The standard InChI is InChI=1S/C17H17F2N5O5/c18-9-2-1-8(10(19)3-9)5-28-24-7-22-16-12(15(24)20)21-6-23(16)17-14(27)13(26)11(4-25)29-17/h1-3,6-7,11,13-14,17,20,25-27H,4-5H2/t11-,13-,14-,17-/m1/s1. The molecule has 0 aliphatic carbocycles. The predicted octanol–water partition coefficient (Wildman–Crippen LogP) is -0.769. The molecule has 1 saturated heterocycles. The molecule has 1 aliphatic rings. The maximum atomic E-state index is 13.7. The van der Waals surface area contributed by atoms with Gasteiger partial charge in [0.1, 0.15) is 42.9 Å². The van der Waals surface area contributed by atoms with E-state index in [4.69, 9.17) is 15.0 Å². The second-order valence-electron chi connectivity index (χ2n) is 6.48. The molecule has 10 nitrogen and oxygen atoms in total. The molecule has 154 valence electrons. The van der Waals surface area contributed by atoms with Crippen molar-refractivity contribution in [2.45, 2.75) is 31.1 Å². The number of aromatic nitrogens is 4. The minimum Gasteiger partial charge on any atom is -0.406 e. The van der Waals surface area contributed by atoms with Crippen molar-refractivity contribution in [3.05, 3.63) is 53.5 Å². The maximum Gasteiger partial charge on any atom is 0.192 e. The Bertz CT molecular complexity index is 1100. The van der Waals surface area contributed by atoms with Crippen LogP contribution in [0.2, 0.25) is 0 Å². The number of ether oxygens (including phenoxy) is 1. The van der Waals surface area contributed by atoms with Crippen molar-refractivity contribution in [2.24, 2.45) is 0 Å². The van der Waals surface area contributed by atoms with Crippen molar-refractivity contribution >= 4 is 11.2 Å². The van der Waals surface area contributed by atoms with Gasteiger partial charge in [0.05, 0.1) is 12.9 Å². The first-order valence-corrected chi connectivity index (χ1v) is 8.59. The molecule has 4 rings (SSSR count). The third kappa shape index (κ3) is 3.35. The molecule has 2 aromatic heterocycles. The number of fused-ring (bicyclic) bond motifs is 1. The van der Waals surface area contributed by atoms with Crippen LogP contribution in [0, 0.1) is 17.0 Å². The molecule has 0 unspecified atom stereocenters. The van der Waals surface area contributed by atoms with Gasteiger partial charge in [0.2, 0.25) is 0 Å². The van der Waals surface area contributed by atoms with Crippen LogP contribution in [0.25, 0.3) is 11.2 Å². The SMILES string of the molecule is N=c1c2ncn([C@@H]3O[C@H](CO)[C@@H](O)[C@H]3O)c2ncn1OCc1ccc(F)cc1F. The molecular formula is C17H17F2N5O5. The van der Waals surface area contributed by atoms with Crippen LogP contribution in [-0.2, 0) is 11.3 Å². The number of aliphatic hydroxyl groups excluding tert-OH is 3. The van der Waals surface area contributed by atoms with Gasteiger partial charge < -0.3 is 24.9 Å². The summed E-state index contributed by atoms with van der Waals surface area (Å²) < 4.78 is 34.5. The molecule has 12 heteroatoms. The molecule has 1 fully saturated rings. The van der Waals surface area contributed by atoms with E-state index in [1.165, 1.54) is 17.0 Å². The Morgan fingerprint density at radius 1 is 1.17 bits per heavy atom. The van der Waals surface area contributed by atoms with Gasteiger partial charge in [-0.15, -0.1) is 0 Å². The number of rotatable bonds is 5. The van der Waals surface area contributed by atoms with E-state index >= 15 is 0 Å². The molecule has 0 saturated carbocycles. The quantitative estimate of drug-likeness (QED) is 0.434. The summed E-state index contributed by atoms with van der Waals surface area (Å²) in [7, 11) is 0. The number of benzene rings is 1. The molecule has 0 radical (unpaired) electrons. The second kappa shape index (κ2) is 7.48. The Morgan fingerprint density at radius 2 is 1.97 bits per heavy atom. The number of hydrogen-bond donors (Lipinski definition) is 4. The van der Waals surface area contributed by atoms with Crippen LogP contribution in [0.4, 0.5) is 8.78 Å². The smallest absolute Gasteiger partial charge is 0.192 e. The fourth-order valence-electron chi connectivity index (χ4n) is 3.09. The molecule has 0 amide bonds. The number of hydrogen-bond acceptors (Lipinski definition) is 8. The highest BCUT2D eigenvalue weighted by atomic mass is 19.1. The van der Waals surface area contributed by atoms with E-state index in [0.29, 0.717) is 0 Å². The van der Waals surface area contributed by atoms with Gasteiger partial charge in [0.15, 0.2) is 22.9 Å². The number of nitrogens with one attached hydrogen (secondary N) is 1. The zero-order valence-corrected chi connectivity index (χ0v) is 14.8. The first kappa shape index (κ1) is 19.4. The molecule has 1 aromatic carbocycles. The van der Waals surface area contributed by atoms with Crippen molar-refractivity contribution in [3.63, 3.8) is 0 Å². The third-order valence-corrected chi connectivity index (χ3v) is 4.66. The molecule has 4 N–H and O–H groups in total. The fourth-order valence-corrected chi connectivity index (χ4v) is 3.09. The van der Waals surface area contributed by atoms with Crippen molar-refractivity contribution in [3.8, 4) is 0 Å². The van der Waals surface area contributed by atoms with Crippen LogP contribution in [-0.4, -0.2) is 59.5 Å². The van der Waals surface area contributed by atoms with E-state index in [9.17, 15) is 24.1 Å². The van der Waals surface area contributed by atoms with E-state index in [1.54, 1.807) is 0 Å². The summed E-state index contributed by atoms with van der Waals surface area (Å²) in [5.41, 5.74) is 0.168. The highest BCUT2D eigenvalue weighted by Gasteiger charge is 2.44. The second-order valence-corrected chi connectivity index (χ2v) is 6.48. The molecule has 0 spiro atoms. The summed E-state index contributed by atoms with van der Waals surface area (Å²) in [6, 6.07) is 3.06. The molecule has 3 heterocycles. The average Bonchev–Trinajstić information content (AvgIpc) is 3.24. The van der Waals surface area contributed by atoms with Gasteiger partial charge in [0, 0.05) is 11.6 Å². The minimum absolute atomic E-state index is 0.0930. The van der Waals surface area contributed by atoms with E-state index in [0.717, 1.165) is 23.2 Å². The van der Waals surface area contributed by atoms with Gasteiger partial charge in [-0.3, -0.25) is 9.98 Å². The van der Waals surface area contributed by atoms with Crippen molar-refractivity contribution < 1.29 is 33.7 Å². The van der Waals surface area contributed by atoms with Gasteiger partial charge in [-0.1, -0.05) is 0 Å². The Labute approximate surface area is 161 Å². The van der Waals surface area contributed by atoms with Crippen LogP contribution in [0.5, 0.6) is 0 Å². The number of imidazole rings is 1. The summed E-state index contributed by atoms with van der Waals surface area (Å²) in [6.07, 6.45) is -2.20. The van der Waals surface area contributed by atoms with Crippen molar-refractivity contribution in [1.82, 2.24) is 19.3 Å². The third-order valence-electron chi connectivity index (χ3n) is 4.66. The van der Waals surface area contributed by atoms with E-state index in [1.807, 2.05) is 0 Å². The van der Waals surface area contributed by atoms with Gasteiger partial charge >= 0.3 is 0 Å². The molecule has 1 aliphatic heterocycles. The molecular weight excluding hydrogens is 392 g/mol. The summed E-state index contributed by atoms with van der Waals surface area (Å²) in [5, 5.41) is 37.5. The molecule has 4 atom stereocenters. The molecule has 29 heavy (non-hydrogen) atoms. The van der Waals surface area contributed by atoms with Crippen molar-refractivity contribution in [1.29, 1.82) is 5.41 Å². The zero-order valence-electron chi connectivity index (χ0n) is 14.8. The summed E-state index contributed by atoms with van der Waals surface area (Å²) >= 11 is 0. The number of nitrogens with zero attached hydrogens (tertiary/aromatic N) is 4. The van der Waals surface area contributed by atoms with E-state index < -0.39 is 42.8 Å². The molecule has 3 aromatic rings. The summed E-state index contributed by atoms with van der Waals surface area (Å²) in [5.74, 6) is -1.49. The topological polar surface area (TPSA) is 139 Å². The Kier molecular flexibility index (Phi) is 5.00. The van der Waals surface area contributed by atoms with Gasteiger partial charge in [-0.2, -0.15) is 4.73 Å². The largest absolute Gasteiger partial charge is 0.406 e. The summed E-state index contributed by atoms with van der Waals surface area (Å²) in [4.78, 5) is 13.6. The van der Waals surface area contributed by atoms with E-state index in [-0.39, 0.29) is 28.8 Å². The van der Waals surface area contributed by atoms with Crippen LogP contribution >= 0.6 is 0 Å². The Balaban J connectivity index is 1.60. The van der Waals surface area contributed by atoms with Gasteiger partial charge in [0.25, 0.3) is 0 Å². The van der Waals surface area contributed by atoms with E-state index in [2.05, 4.69) is 9.97 Å². The fraction of sp³-hybridized carbons (Fsp3) is 0.353. The van der Waals surface area contributed by atoms with Crippen LogP contribution in [0.15, 0.2) is 30.9 Å². The highest BCUT2D eigenvalue weighted by Crippen LogP contribution is 2.30. The lowest BCUT2D eigenvalue weighted by Crippen LogP contribution is -2.33. The average molecular weight is 409 g/mol. The predicted molar refractivity (Wildman–Crippen MR) is 91.0 cm³/mol. The van der Waals surface area contributed by atoms with Crippen LogP contribution < -0.4 is 10.3 Å². The normalized spacial score (nSPS) is 24.3. The lowest BCUT2D eigenvalue weighted by atomic mass is 10.1. The lowest BCUT2D eigenvalue weighted by molar-refractivity contribution is -0.0511. The Morgan fingerprint density at radius 3 is 2.66 bits per heavy atom. The number of halogens is 2. The minimum atomic E-state index is -1.33. The lowest BCUT2D eigenvalue weighted by Gasteiger charge is -2.16. The van der Waals surface area contributed by atoms with Crippen LogP contribution in [0.3, 0.4) is 0 Å². The Hall–Kier alpha value is -2.93. The monoisotopic (exact) mass is 409 g/mol. The van der Waals surface area contributed by atoms with Crippen LogP contribution in [0.1, 0.15) is 11.8 Å². The number of aliphatic hydroxyl groups is 3.